The molecule has 2 unspecified atom stereocenters. The Hall–Kier alpha value is -1.39. The van der Waals surface area contributed by atoms with Crippen LogP contribution in [0.1, 0.15) is 31.9 Å². The number of aliphatic hydroxyl groups excluding tert-OH is 1. The van der Waals surface area contributed by atoms with Gasteiger partial charge >= 0.3 is 0 Å². The van der Waals surface area contributed by atoms with Gasteiger partial charge in [0.2, 0.25) is 0 Å². The molecule has 100 valence electrons. The Kier molecular flexibility index (Phi) is 5.31. The zero-order valence-corrected chi connectivity index (χ0v) is 11.1. The molecule has 4 nitrogen and oxygen atoms in total. The highest BCUT2D eigenvalue weighted by Gasteiger charge is 2.28. The third-order valence-electron chi connectivity index (χ3n) is 3.13. The Bertz CT molecular complexity index is 374. The lowest BCUT2D eigenvalue weighted by Crippen LogP contribution is -2.50. The van der Waals surface area contributed by atoms with Gasteiger partial charge in [-0.1, -0.05) is 37.3 Å². The number of hydrogen-bond donors (Lipinski definition) is 2. The van der Waals surface area contributed by atoms with Crippen LogP contribution < -0.4 is 5.32 Å². The number of hydrogen-bond acceptors (Lipinski definition) is 3. The van der Waals surface area contributed by atoms with E-state index in [9.17, 15) is 9.90 Å². The molecule has 0 aliphatic carbocycles. The number of carbonyl (C=O) groups is 1. The number of nitrogens with one attached hydrogen (secondary N) is 1. The van der Waals surface area contributed by atoms with Gasteiger partial charge < -0.3 is 15.2 Å². The molecule has 0 heterocycles. The summed E-state index contributed by atoms with van der Waals surface area (Å²) in [7, 11) is 1.50. The molecule has 1 aromatic carbocycles. The van der Waals surface area contributed by atoms with Gasteiger partial charge in [0.15, 0.2) is 6.10 Å². The van der Waals surface area contributed by atoms with Crippen molar-refractivity contribution in [2.45, 2.75) is 31.9 Å². The molecule has 0 radical (unpaired) electrons. The first-order valence-electron chi connectivity index (χ1n) is 6.07. The summed E-state index contributed by atoms with van der Waals surface area (Å²) in [5, 5.41) is 12.1. The van der Waals surface area contributed by atoms with Crippen molar-refractivity contribution in [2.75, 3.05) is 13.7 Å². The zero-order valence-electron chi connectivity index (χ0n) is 11.1. The van der Waals surface area contributed by atoms with Crippen molar-refractivity contribution in [3.63, 3.8) is 0 Å². The molecular weight excluding hydrogens is 230 g/mol. The molecule has 4 heteroatoms. The van der Waals surface area contributed by atoms with E-state index in [1.807, 2.05) is 44.2 Å². The smallest absolute Gasteiger partial charge is 0.254 e. The normalized spacial score (nSPS) is 15.8. The van der Waals surface area contributed by atoms with E-state index in [4.69, 9.17) is 4.74 Å². The van der Waals surface area contributed by atoms with Gasteiger partial charge in [0, 0.05) is 7.11 Å². The Morgan fingerprint density at radius 3 is 2.50 bits per heavy atom. The molecule has 0 aliphatic heterocycles. The van der Waals surface area contributed by atoms with Gasteiger partial charge in [-0.25, -0.2) is 0 Å². The van der Waals surface area contributed by atoms with Crippen LogP contribution in [0.25, 0.3) is 0 Å². The second-order valence-corrected chi connectivity index (χ2v) is 4.59. The molecule has 0 bridgehead atoms. The van der Waals surface area contributed by atoms with Crippen LogP contribution in [-0.2, 0) is 9.53 Å². The Labute approximate surface area is 108 Å². The first-order chi connectivity index (χ1) is 8.56. The number of rotatable bonds is 6. The van der Waals surface area contributed by atoms with E-state index in [0.29, 0.717) is 6.42 Å². The van der Waals surface area contributed by atoms with Crippen LogP contribution in [0.4, 0.5) is 0 Å². The van der Waals surface area contributed by atoms with E-state index < -0.39 is 11.6 Å². The Morgan fingerprint density at radius 1 is 1.44 bits per heavy atom. The fraction of sp³-hybridized carbons (Fsp3) is 0.500. The number of benzene rings is 1. The Balaban J connectivity index is 2.81. The molecule has 1 rings (SSSR count). The zero-order chi connectivity index (χ0) is 13.6. The summed E-state index contributed by atoms with van der Waals surface area (Å²) in [5.41, 5.74) is 0.191. The maximum atomic E-state index is 12.2. The summed E-state index contributed by atoms with van der Waals surface area (Å²) in [4.78, 5) is 12.2. The predicted molar refractivity (Wildman–Crippen MR) is 70.1 cm³/mol. The summed E-state index contributed by atoms with van der Waals surface area (Å²) < 4.78 is 5.24. The van der Waals surface area contributed by atoms with Gasteiger partial charge in [-0.05, 0) is 18.9 Å². The number of amides is 1. The van der Waals surface area contributed by atoms with Crippen LogP contribution in [0.5, 0.6) is 0 Å². The molecule has 1 amide bonds. The maximum absolute atomic E-state index is 12.2. The summed E-state index contributed by atoms with van der Waals surface area (Å²) in [6.45, 7) is 3.63. The van der Waals surface area contributed by atoms with E-state index in [1.165, 1.54) is 7.11 Å². The summed E-state index contributed by atoms with van der Waals surface area (Å²) in [6.07, 6.45) is 0.00382. The first kappa shape index (κ1) is 14.7. The monoisotopic (exact) mass is 251 g/mol. The number of ether oxygens (including phenoxy) is 1. The topological polar surface area (TPSA) is 58.6 Å². The van der Waals surface area contributed by atoms with Gasteiger partial charge in [0.25, 0.3) is 5.91 Å². The molecule has 0 aromatic heterocycles. The quantitative estimate of drug-likeness (QED) is 0.808. The molecule has 2 atom stereocenters. The van der Waals surface area contributed by atoms with Crippen molar-refractivity contribution < 1.29 is 14.6 Å². The van der Waals surface area contributed by atoms with E-state index in [2.05, 4.69) is 5.32 Å². The van der Waals surface area contributed by atoms with Gasteiger partial charge in [-0.2, -0.15) is 0 Å². The SMILES string of the molecule is CCC(C)(CO)NC(=O)C(OC)c1ccccc1. The van der Waals surface area contributed by atoms with Crippen molar-refractivity contribution in [1.82, 2.24) is 5.32 Å². The minimum absolute atomic E-state index is 0.0968. The standard InChI is InChI=1S/C14H21NO3/c1-4-14(2,10-16)15-13(17)12(18-3)11-8-6-5-7-9-11/h5-9,12,16H,4,10H2,1-3H3,(H,15,17). The van der Waals surface area contributed by atoms with Gasteiger partial charge in [-0.15, -0.1) is 0 Å². The molecular formula is C14H21NO3. The van der Waals surface area contributed by atoms with Crippen LogP contribution in [-0.4, -0.2) is 30.3 Å². The molecule has 1 aromatic rings. The summed E-state index contributed by atoms with van der Waals surface area (Å²) in [5.74, 6) is -0.234. The summed E-state index contributed by atoms with van der Waals surface area (Å²) >= 11 is 0. The average Bonchev–Trinajstić information content (AvgIpc) is 2.40. The van der Waals surface area contributed by atoms with Crippen LogP contribution in [0.15, 0.2) is 30.3 Å². The average molecular weight is 251 g/mol. The van der Waals surface area contributed by atoms with Crippen molar-refractivity contribution in [1.29, 1.82) is 0 Å². The third kappa shape index (κ3) is 3.55. The van der Waals surface area contributed by atoms with Crippen LogP contribution in [0.2, 0.25) is 0 Å². The highest BCUT2D eigenvalue weighted by atomic mass is 16.5. The first-order valence-corrected chi connectivity index (χ1v) is 6.07. The molecule has 2 N–H and O–H groups in total. The minimum Gasteiger partial charge on any atom is -0.394 e. The molecule has 0 saturated heterocycles. The fourth-order valence-corrected chi connectivity index (χ4v) is 1.63. The summed E-state index contributed by atoms with van der Waals surface area (Å²) in [6, 6.07) is 9.29. The molecule has 0 saturated carbocycles. The maximum Gasteiger partial charge on any atom is 0.254 e. The number of carbonyl (C=O) groups excluding carboxylic acids is 1. The minimum atomic E-state index is -0.649. The molecule has 0 aliphatic rings. The Morgan fingerprint density at radius 2 is 2.06 bits per heavy atom. The van der Waals surface area contributed by atoms with E-state index in [0.717, 1.165) is 5.56 Å². The number of aliphatic hydroxyl groups is 1. The van der Waals surface area contributed by atoms with Crippen molar-refractivity contribution in [3.8, 4) is 0 Å². The van der Waals surface area contributed by atoms with Gasteiger partial charge in [0.1, 0.15) is 0 Å². The highest BCUT2D eigenvalue weighted by molar-refractivity contribution is 5.82. The van der Waals surface area contributed by atoms with Crippen molar-refractivity contribution in [2.24, 2.45) is 0 Å². The van der Waals surface area contributed by atoms with Crippen LogP contribution >= 0.6 is 0 Å². The van der Waals surface area contributed by atoms with E-state index in [1.54, 1.807) is 0 Å². The molecule has 0 spiro atoms. The van der Waals surface area contributed by atoms with Gasteiger partial charge in [-0.3, -0.25) is 4.79 Å². The fourth-order valence-electron chi connectivity index (χ4n) is 1.63. The molecule has 18 heavy (non-hydrogen) atoms. The second-order valence-electron chi connectivity index (χ2n) is 4.59. The number of methoxy groups -OCH3 is 1. The lowest BCUT2D eigenvalue weighted by atomic mass is 9.99. The highest BCUT2D eigenvalue weighted by Crippen LogP contribution is 2.18. The van der Waals surface area contributed by atoms with Crippen molar-refractivity contribution in [3.05, 3.63) is 35.9 Å². The van der Waals surface area contributed by atoms with E-state index >= 15 is 0 Å². The molecule has 0 fully saturated rings. The van der Waals surface area contributed by atoms with Crippen LogP contribution in [0.3, 0.4) is 0 Å². The van der Waals surface area contributed by atoms with Crippen LogP contribution in [0, 0.1) is 0 Å². The largest absolute Gasteiger partial charge is 0.394 e. The lowest BCUT2D eigenvalue weighted by molar-refractivity contribution is -0.134. The second kappa shape index (κ2) is 6.52. The predicted octanol–water partition coefficient (Wildman–Crippen LogP) is 1.65. The lowest BCUT2D eigenvalue weighted by Gasteiger charge is -2.29. The van der Waals surface area contributed by atoms with Gasteiger partial charge in [0.05, 0.1) is 12.1 Å². The third-order valence-corrected chi connectivity index (χ3v) is 3.13. The van der Waals surface area contributed by atoms with Crippen molar-refractivity contribution >= 4 is 5.91 Å². The van der Waals surface area contributed by atoms with E-state index in [-0.39, 0.29) is 12.5 Å².